The van der Waals surface area contributed by atoms with Gasteiger partial charge in [0.15, 0.2) is 0 Å². The van der Waals surface area contributed by atoms with E-state index in [1.54, 1.807) is 30.9 Å². The summed E-state index contributed by atoms with van der Waals surface area (Å²) in [6.07, 6.45) is 10.8. The number of aromatic nitrogens is 4. The van der Waals surface area contributed by atoms with Gasteiger partial charge in [0.2, 0.25) is 11.9 Å². The summed E-state index contributed by atoms with van der Waals surface area (Å²) in [6.45, 7) is 4.34. The third-order valence-corrected chi connectivity index (χ3v) is 7.05. The first-order valence-electron chi connectivity index (χ1n) is 11.9. The van der Waals surface area contributed by atoms with E-state index in [-0.39, 0.29) is 17.8 Å². The lowest BCUT2D eigenvalue weighted by molar-refractivity contribution is -0.143. The van der Waals surface area contributed by atoms with Gasteiger partial charge in [-0.1, -0.05) is 19.1 Å². The van der Waals surface area contributed by atoms with Crippen LogP contribution in [0.25, 0.3) is 0 Å². The van der Waals surface area contributed by atoms with Crippen LogP contribution in [0.3, 0.4) is 0 Å². The molecule has 0 unspecified atom stereocenters. The first kappa shape index (κ1) is 22.4. The molecule has 2 aliphatic heterocycles. The number of halogens is 1. The summed E-state index contributed by atoms with van der Waals surface area (Å²) in [5.74, 6) is 0.662. The molecule has 2 aliphatic rings. The third kappa shape index (κ3) is 4.62. The summed E-state index contributed by atoms with van der Waals surface area (Å²) >= 11 is 0. The maximum absolute atomic E-state index is 13.7. The van der Waals surface area contributed by atoms with E-state index in [4.69, 9.17) is 4.98 Å². The van der Waals surface area contributed by atoms with Gasteiger partial charge in [0.25, 0.3) is 0 Å². The van der Waals surface area contributed by atoms with Gasteiger partial charge in [0.05, 0.1) is 23.6 Å². The summed E-state index contributed by atoms with van der Waals surface area (Å²) in [5.41, 5.74) is 2.04. The van der Waals surface area contributed by atoms with Crippen LogP contribution in [0, 0.1) is 11.2 Å². The second-order valence-corrected chi connectivity index (χ2v) is 9.50. The van der Waals surface area contributed by atoms with Crippen molar-refractivity contribution in [3.8, 4) is 0 Å². The Morgan fingerprint density at radius 1 is 1.12 bits per heavy atom. The lowest BCUT2D eigenvalue weighted by Crippen LogP contribution is -2.49. The molecule has 0 aliphatic carbocycles. The second-order valence-electron chi connectivity index (χ2n) is 9.50. The van der Waals surface area contributed by atoms with E-state index in [0.717, 1.165) is 68.2 Å². The number of hydrogen-bond donors (Lipinski definition) is 0. The van der Waals surface area contributed by atoms with Gasteiger partial charge in [-0.25, -0.2) is 14.4 Å². The van der Waals surface area contributed by atoms with Crippen molar-refractivity contribution in [1.29, 1.82) is 0 Å². The maximum atomic E-state index is 13.7. The van der Waals surface area contributed by atoms with Gasteiger partial charge in [0.1, 0.15) is 5.82 Å². The molecule has 0 bridgehead atoms. The summed E-state index contributed by atoms with van der Waals surface area (Å²) in [6, 6.07) is 8.29. The van der Waals surface area contributed by atoms with Crippen LogP contribution in [0.15, 0.2) is 55.1 Å². The van der Waals surface area contributed by atoms with Gasteiger partial charge >= 0.3 is 0 Å². The second kappa shape index (κ2) is 9.44. The predicted molar refractivity (Wildman–Crippen MR) is 127 cm³/mol. The van der Waals surface area contributed by atoms with Gasteiger partial charge in [-0.15, -0.1) is 0 Å². The molecular formula is C26H29FN6O. The van der Waals surface area contributed by atoms with E-state index >= 15 is 0 Å². The number of benzene rings is 1. The highest BCUT2D eigenvalue weighted by Crippen LogP contribution is 2.39. The summed E-state index contributed by atoms with van der Waals surface area (Å²) in [5, 5.41) is 0. The topological polar surface area (TPSA) is 75.1 Å². The molecule has 2 aromatic heterocycles. The van der Waals surface area contributed by atoms with E-state index in [1.165, 1.54) is 12.1 Å². The first-order valence-corrected chi connectivity index (χ1v) is 11.9. The SMILES string of the molecule is CC1(C(=O)N2CCC[C@@H]2c2cncc(Cc3cccc(F)c3)n2)CCN(c2ncccn2)CC1. The number of rotatable bonds is 5. The van der Waals surface area contributed by atoms with Crippen molar-refractivity contribution in [1.82, 2.24) is 24.8 Å². The number of carbonyl (C=O) groups excluding carboxylic acids is 1. The van der Waals surface area contributed by atoms with Crippen LogP contribution in [-0.2, 0) is 11.2 Å². The molecular weight excluding hydrogens is 431 g/mol. The Kier molecular flexibility index (Phi) is 6.22. The molecule has 7 nitrogen and oxygen atoms in total. The molecule has 176 valence electrons. The smallest absolute Gasteiger partial charge is 0.229 e. The quantitative estimate of drug-likeness (QED) is 0.574. The van der Waals surface area contributed by atoms with Crippen LogP contribution in [-0.4, -0.2) is 50.4 Å². The number of amides is 1. The van der Waals surface area contributed by atoms with Crippen molar-refractivity contribution in [2.24, 2.45) is 5.41 Å². The van der Waals surface area contributed by atoms with Crippen LogP contribution in [0.2, 0.25) is 0 Å². The maximum Gasteiger partial charge on any atom is 0.229 e. The van der Waals surface area contributed by atoms with Gasteiger partial charge in [-0.05, 0) is 49.4 Å². The minimum atomic E-state index is -0.416. The highest BCUT2D eigenvalue weighted by Gasteiger charge is 2.43. The molecule has 5 rings (SSSR count). The van der Waals surface area contributed by atoms with Crippen LogP contribution < -0.4 is 4.90 Å². The van der Waals surface area contributed by atoms with Gasteiger partial charge < -0.3 is 9.80 Å². The highest BCUT2D eigenvalue weighted by atomic mass is 19.1. The van der Waals surface area contributed by atoms with E-state index in [0.29, 0.717) is 6.42 Å². The Balaban J connectivity index is 1.29. The fourth-order valence-electron chi connectivity index (χ4n) is 5.06. The molecule has 2 saturated heterocycles. The average Bonchev–Trinajstić information content (AvgIpc) is 3.35. The molecule has 34 heavy (non-hydrogen) atoms. The first-order chi connectivity index (χ1) is 16.5. The zero-order valence-corrected chi connectivity index (χ0v) is 19.4. The van der Waals surface area contributed by atoms with Crippen LogP contribution in [0.5, 0.6) is 0 Å². The van der Waals surface area contributed by atoms with Crippen LogP contribution in [0.4, 0.5) is 10.3 Å². The van der Waals surface area contributed by atoms with Crippen molar-refractivity contribution >= 4 is 11.9 Å². The fourth-order valence-corrected chi connectivity index (χ4v) is 5.06. The minimum absolute atomic E-state index is 0.0697. The Labute approximate surface area is 199 Å². The van der Waals surface area contributed by atoms with Crippen molar-refractivity contribution in [3.05, 3.63) is 77.9 Å². The highest BCUT2D eigenvalue weighted by molar-refractivity contribution is 5.83. The molecule has 0 spiro atoms. The largest absolute Gasteiger partial charge is 0.341 e. The van der Waals surface area contributed by atoms with E-state index in [9.17, 15) is 9.18 Å². The number of carbonyl (C=O) groups is 1. The Bertz CT molecular complexity index is 1150. The van der Waals surface area contributed by atoms with E-state index in [2.05, 4.69) is 26.8 Å². The molecule has 1 aromatic carbocycles. The average molecular weight is 461 g/mol. The molecule has 3 aromatic rings. The molecule has 2 fully saturated rings. The third-order valence-electron chi connectivity index (χ3n) is 7.05. The normalized spacial score (nSPS) is 19.9. The Hall–Kier alpha value is -3.42. The zero-order valence-electron chi connectivity index (χ0n) is 19.4. The number of piperidine rings is 1. The molecule has 4 heterocycles. The molecule has 0 N–H and O–H groups in total. The molecule has 8 heteroatoms. The van der Waals surface area contributed by atoms with Crippen molar-refractivity contribution in [2.45, 2.75) is 45.1 Å². The van der Waals surface area contributed by atoms with E-state index < -0.39 is 5.41 Å². The summed E-state index contributed by atoms with van der Waals surface area (Å²) < 4.78 is 13.6. The van der Waals surface area contributed by atoms with Gasteiger partial charge in [-0.3, -0.25) is 14.8 Å². The van der Waals surface area contributed by atoms with Crippen molar-refractivity contribution < 1.29 is 9.18 Å². The Morgan fingerprint density at radius 2 is 1.91 bits per heavy atom. The van der Waals surface area contributed by atoms with Gasteiger partial charge in [0, 0.05) is 50.1 Å². The number of likely N-dealkylation sites (tertiary alicyclic amines) is 1. The zero-order chi connectivity index (χ0) is 23.5. The fraction of sp³-hybridized carbons (Fsp3) is 0.423. The standard InChI is InChI=1S/C26H29FN6O/c1-26(8-13-32(14-9-26)25-29-10-4-11-30-25)24(34)33-12-3-7-23(33)22-18-28-17-21(31-22)16-19-5-2-6-20(27)15-19/h2,4-6,10-11,15,17-18,23H,3,7-9,12-14,16H2,1H3/t23-/m1/s1. The summed E-state index contributed by atoms with van der Waals surface area (Å²) in [7, 11) is 0. The molecule has 1 amide bonds. The Morgan fingerprint density at radius 3 is 2.68 bits per heavy atom. The number of nitrogens with zero attached hydrogens (tertiary/aromatic N) is 6. The molecule has 0 radical (unpaired) electrons. The van der Waals surface area contributed by atoms with Crippen molar-refractivity contribution in [3.63, 3.8) is 0 Å². The number of hydrogen-bond acceptors (Lipinski definition) is 6. The van der Waals surface area contributed by atoms with Crippen LogP contribution >= 0.6 is 0 Å². The molecule has 0 saturated carbocycles. The molecule has 1 atom stereocenters. The monoisotopic (exact) mass is 460 g/mol. The lowest BCUT2D eigenvalue weighted by Gasteiger charge is -2.41. The number of anilines is 1. The van der Waals surface area contributed by atoms with Crippen LogP contribution in [0.1, 0.15) is 55.6 Å². The van der Waals surface area contributed by atoms with Crippen molar-refractivity contribution in [2.75, 3.05) is 24.5 Å². The van der Waals surface area contributed by atoms with E-state index in [1.807, 2.05) is 17.0 Å². The minimum Gasteiger partial charge on any atom is -0.341 e. The predicted octanol–water partition coefficient (Wildman–Crippen LogP) is 3.97. The summed E-state index contributed by atoms with van der Waals surface area (Å²) in [4.78, 5) is 35.8. The lowest BCUT2D eigenvalue weighted by atomic mass is 9.79. The van der Waals surface area contributed by atoms with Gasteiger partial charge in [-0.2, -0.15) is 0 Å².